The standard InChI is InChI=1S/C29H22ClF3N2O3/c30-21-10-6-9-20(29(31,32)33)23(21)27(38)28-34-24(22-11-4-5-16-35(22)28)17-12-14-19(15-13-17)26(37)25(36)18-7-2-1-3-8-18/h1-3,6-10,12-15,25,36H,4-5,11,16H2. The minimum Gasteiger partial charge on any atom is -0.380 e. The predicted octanol–water partition coefficient (Wildman–Crippen LogP) is 6.71. The predicted molar refractivity (Wildman–Crippen MR) is 136 cm³/mol. The zero-order valence-corrected chi connectivity index (χ0v) is 20.8. The highest BCUT2D eigenvalue weighted by Gasteiger charge is 2.38. The van der Waals surface area contributed by atoms with E-state index in [0.717, 1.165) is 30.7 Å². The highest BCUT2D eigenvalue weighted by molar-refractivity contribution is 6.35. The Kier molecular flexibility index (Phi) is 6.94. The van der Waals surface area contributed by atoms with Crippen LogP contribution < -0.4 is 0 Å². The van der Waals surface area contributed by atoms with Gasteiger partial charge in [-0.05, 0) is 37.0 Å². The summed E-state index contributed by atoms with van der Waals surface area (Å²) in [6.45, 7) is 0.440. The first-order valence-electron chi connectivity index (χ1n) is 12.0. The summed E-state index contributed by atoms with van der Waals surface area (Å²) >= 11 is 6.09. The van der Waals surface area contributed by atoms with Gasteiger partial charge in [0.25, 0.3) is 0 Å². The minimum absolute atomic E-state index is 0.104. The number of aromatic nitrogens is 2. The maximum atomic E-state index is 13.7. The summed E-state index contributed by atoms with van der Waals surface area (Å²) in [6, 6.07) is 18.3. The lowest BCUT2D eigenvalue weighted by molar-refractivity contribution is -0.137. The summed E-state index contributed by atoms with van der Waals surface area (Å²) in [6.07, 6.45) is -3.89. The van der Waals surface area contributed by atoms with Gasteiger partial charge in [-0.15, -0.1) is 0 Å². The molecule has 5 rings (SSSR count). The van der Waals surface area contributed by atoms with Crippen molar-refractivity contribution in [1.29, 1.82) is 0 Å². The molecule has 5 nitrogen and oxygen atoms in total. The van der Waals surface area contributed by atoms with Crippen LogP contribution in [0.1, 0.15) is 62.3 Å². The first-order valence-corrected chi connectivity index (χ1v) is 12.4. The van der Waals surface area contributed by atoms with Gasteiger partial charge < -0.3 is 9.67 Å². The summed E-state index contributed by atoms with van der Waals surface area (Å²) in [5.74, 6) is -1.47. The molecular weight excluding hydrogens is 517 g/mol. The van der Waals surface area contributed by atoms with Crippen molar-refractivity contribution in [3.8, 4) is 11.3 Å². The Morgan fingerprint density at radius 1 is 0.947 bits per heavy atom. The van der Waals surface area contributed by atoms with Gasteiger partial charge in [0.2, 0.25) is 5.78 Å². The number of benzene rings is 3. The molecule has 0 saturated heterocycles. The molecule has 3 aromatic carbocycles. The number of rotatable bonds is 6. The largest absolute Gasteiger partial charge is 0.417 e. The molecule has 4 aromatic rings. The lowest BCUT2D eigenvalue weighted by atomic mass is 9.97. The SMILES string of the molecule is O=C(c1c(Cl)cccc1C(F)(F)F)c1nc(-c2ccc(C(=O)C(O)c3ccccc3)cc2)c2n1CCCC2. The second kappa shape index (κ2) is 10.2. The van der Waals surface area contributed by atoms with E-state index in [1.54, 1.807) is 59.2 Å². The summed E-state index contributed by atoms with van der Waals surface area (Å²) < 4.78 is 42.8. The quantitative estimate of drug-likeness (QED) is 0.277. The van der Waals surface area contributed by atoms with E-state index in [9.17, 15) is 27.9 Å². The lowest BCUT2D eigenvalue weighted by Gasteiger charge is -2.18. The third-order valence-electron chi connectivity index (χ3n) is 6.67. The number of carbonyl (C=O) groups is 2. The summed E-state index contributed by atoms with van der Waals surface area (Å²) in [7, 11) is 0. The third-order valence-corrected chi connectivity index (χ3v) is 6.99. The molecule has 0 aliphatic carbocycles. The Labute approximate surface area is 221 Å². The number of imidazole rings is 1. The van der Waals surface area contributed by atoms with Crippen molar-refractivity contribution in [3.05, 3.63) is 112 Å². The van der Waals surface area contributed by atoms with Crippen molar-refractivity contribution in [2.45, 2.75) is 38.1 Å². The fraction of sp³-hybridized carbons (Fsp3) is 0.207. The molecule has 0 saturated carbocycles. The van der Waals surface area contributed by atoms with Gasteiger partial charge >= 0.3 is 6.18 Å². The Bertz CT molecular complexity index is 1510. The lowest BCUT2D eigenvalue weighted by Crippen LogP contribution is -2.20. The van der Waals surface area contributed by atoms with Crippen molar-refractivity contribution in [1.82, 2.24) is 9.55 Å². The van der Waals surface area contributed by atoms with E-state index in [1.165, 1.54) is 6.07 Å². The molecule has 194 valence electrons. The maximum absolute atomic E-state index is 13.7. The van der Waals surface area contributed by atoms with E-state index in [0.29, 0.717) is 35.3 Å². The second-order valence-electron chi connectivity index (χ2n) is 9.08. The number of nitrogens with zero attached hydrogens (tertiary/aromatic N) is 2. The van der Waals surface area contributed by atoms with Gasteiger partial charge in [-0.2, -0.15) is 13.2 Å². The van der Waals surface area contributed by atoms with Crippen LogP contribution in [0.2, 0.25) is 5.02 Å². The molecular formula is C29H22ClF3N2O3. The fourth-order valence-electron chi connectivity index (χ4n) is 4.79. The third kappa shape index (κ3) is 4.77. The Balaban J connectivity index is 1.52. The zero-order chi connectivity index (χ0) is 27.0. The molecule has 1 unspecified atom stereocenters. The number of hydrogen-bond acceptors (Lipinski definition) is 4. The first kappa shape index (κ1) is 25.9. The first-order chi connectivity index (χ1) is 18.2. The van der Waals surface area contributed by atoms with Gasteiger partial charge in [0.15, 0.2) is 11.6 Å². The number of ketones is 2. The van der Waals surface area contributed by atoms with Gasteiger partial charge in [0.1, 0.15) is 6.10 Å². The Hall–Kier alpha value is -3.75. The Morgan fingerprint density at radius 2 is 1.66 bits per heavy atom. The van der Waals surface area contributed by atoms with Gasteiger partial charge in [-0.1, -0.05) is 72.3 Å². The molecule has 1 aliphatic heterocycles. The summed E-state index contributed by atoms with van der Waals surface area (Å²) in [5.41, 5.74) is 0.855. The van der Waals surface area contributed by atoms with Crippen LogP contribution in [-0.2, 0) is 19.1 Å². The van der Waals surface area contributed by atoms with Gasteiger partial charge in [-0.25, -0.2) is 4.98 Å². The van der Waals surface area contributed by atoms with Crippen molar-refractivity contribution >= 4 is 23.2 Å². The van der Waals surface area contributed by atoms with Crippen LogP contribution in [0.15, 0.2) is 72.8 Å². The molecule has 38 heavy (non-hydrogen) atoms. The molecule has 1 aliphatic rings. The zero-order valence-electron chi connectivity index (χ0n) is 20.0. The number of aliphatic hydroxyl groups excluding tert-OH is 1. The van der Waals surface area contributed by atoms with Crippen LogP contribution in [-0.4, -0.2) is 26.2 Å². The molecule has 9 heteroatoms. The maximum Gasteiger partial charge on any atom is 0.417 e. The van der Waals surface area contributed by atoms with Gasteiger partial charge in [-0.3, -0.25) is 9.59 Å². The second-order valence-corrected chi connectivity index (χ2v) is 9.49. The molecule has 0 bridgehead atoms. The van der Waals surface area contributed by atoms with E-state index < -0.39 is 35.0 Å². The average molecular weight is 539 g/mol. The number of hydrogen-bond donors (Lipinski definition) is 1. The number of alkyl halides is 3. The van der Waals surface area contributed by atoms with Crippen molar-refractivity contribution in [2.24, 2.45) is 0 Å². The number of aliphatic hydroxyl groups is 1. The van der Waals surface area contributed by atoms with Crippen molar-refractivity contribution < 1.29 is 27.9 Å². The smallest absolute Gasteiger partial charge is 0.380 e. The van der Waals surface area contributed by atoms with Gasteiger partial charge in [0, 0.05) is 23.4 Å². The van der Waals surface area contributed by atoms with Crippen molar-refractivity contribution in [3.63, 3.8) is 0 Å². The number of carbonyl (C=O) groups excluding carboxylic acids is 2. The van der Waals surface area contributed by atoms with Crippen LogP contribution in [0.5, 0.6) is 0 Å². The molecule has 0 spiro atoms. The van der Waals surface area contributed by atoms with E-state index >= 15 is 0 Å². The highest BCUT2D eigenvalue weighted by atomic mass is 35.5. The summed E-state index contributed by atoms with van der Waals surface area (Å²) in [4.78, 5) is 30.8. The van der Waals surface area contributed by atoms with Crippen LogP contribution in [0.4, 0.5) is 13.2 Å². The molecule has 1 aromatic heterocycles. The minimum atomic E-state index is -4.76. The summed E-state index contributed by atoms with van der Waals surface area (Å²) in [5, 5.41) is 10.2. The number of fused-ring (bicyclic) bond motifs is 1. The van der Waals surface area contributed by atoms with Crippen molar-refractivity contribution in [2.75, 3.05) is 0 Å². The van der Waals surface area contributed by atoms with Crippen LogP contribution in [0, 0.1) is 0 Å². The molecule has 0 radical (unpaired) electrons. The molecule has 1 N–H and O–H groups in total. The fourth-order valence-corrected chi connectivity index (χ4v) is 5.05. The van der Waals surface area contributed by atoms with E-state index in [-0.39, 0.29) is 10.8 Å². The van der Waals surface area contributed by atoms with Crippen LogP contribution >= 0.6 is 11.6 Å². The monoisotopic (exact) mass is 538 g/mol. The molecule has 2 heterocycles. The molecule has 1 atom stereocenters. The van der Waals surface area contributed by atoms with Gasteiger partial charge in [0.05, 0.1) is 21.8 Å². The normalized spacial score (nSPS) is 14.1. The van der Waals surface area contributed by atoms with E-state index in [2.05, 4.69) is 4.98 Å². The van der Waals surface area contributed by atoms with Crippen LogP contribution in [0.25, 0.3) is 11.3 Å². The van der Waals surface area contributed by atoms with E-state index in [4.69, 9.17) is 11.6 Å². The Morgan fingerprint density at radius 3 is 2.34 bits per heavy atom. The van der Waals surface area contributed by atoms with E-state index in [1.807, 2.05) is 0 Å². The molecule has 0 amide bonds. The topological polar surface area (TPSA) is 72.2 Å². The average Bonchev–Trinajstić information content (AvgIpc) is 3.31. The number of halogens is 4. The number of Topliss-reactive ketones (excluding diaryl/α,β-unsaturated/α-hetero) is 1. The highest BCUT2D eigenvalue weighted by Crippen LogP contribution is 2.37. The van der Waals surface area contributed by atoms with Crippen LogP contribution in [0.3, 0.4) is 0 Å². The molecule has 0 fully saturated rings.